The molecule has 2 N–H and O–H groups in total. The van der Waals surface area contributed by atoms with Crippen LogP contribution in [0.5, 0.6) is 5.75 Å². The van der Waals surface area contributed by atoms with Gasteiger partial charge in [0, 0.05) is 35.0 Å². The highest BCUT2D eigenvalue weighted by Gasteiger charge is 2.32. The van der Waals surface area contributed by atoms with Crippen molar-refractivity contribution in [3.63, 3.8) is 0 Å². The number of halogens is 4. The van der Waals surface area contributed by atoms with Gasteiger partial charge in [-0.25, -0.2) is 4.39 Å². The molecule has 1 fully saturated rings. The van der Waals surface area contributed by atoms with Crippen molar-refractivity contribution in [2.24, 2.45) is 5.92 Å². The molecule has 42 heavy (non-hydrogen) atoms. The number of carbonyl (C=O) groups is 1. The fourth-order valence-electron chi connectivity index (χ4n) is 4.96. The first-order valence-corrected chi connectivity index (χ1v) is 15.0. The van der Waals surface area contributed by atoms with Crippen molar-refractivity contribution in [1.82, 2.24) is 9.47 Å². The Bertz CT molecular complexity index is 1460. The number of ketones is 1. The number of nitrogens with zero attached hydrogens (tertiary/aromatic N) is 2. The number of piperidine rings is 1. The summed E-state index contributed by atoms with van der Waals surface area (Å²) in [5.74, 6) is 6.43. The van der Waals surface area contributed by atoms with Crippen molar-refractivity contribution in [3.05, 3.63) is 48.2 Å². The molecule has 0 bridgehead atoms. The van der Waals surface area contributed by atoms with Crippen molar-refractivity contribution < 1.29 is 27.1 Å². The van der Waals surface area contributed by atoms with E-state index in [0.29, 0.717) is 35.3 Å². The molecule has 226 valence electrons. The molecule has 1 aliphatic heterocycles. The fraction of sp³-hybridized carbons (Fsp3) is 0.452. The summed E-state index contributed by atoms with van der Waals surface area (Å²) in [6.07, 6.45) is -3.27. The Hall–Kier alpha value is -3.36. The van der Waals surface area contributed by atoms with Crippen molar-refractivity contribution in [2.45, 2.75) is 50.1 Å². The molecule has 2 unspecified atom stereocenters. The molecule has 2 aromatic carbocycles. The number of rotatable bonds is 10. The summed E-state index contributed by atoms with van der Waals surface area (Å²) in [6.45, 7) is 3.53. The average molecular weight is 605 g/mol. The predicted molar refractivity (Wildman–Crippen MR) is 161 cm³/mol. The monoisotopic (exact) mass is 604 g/mol. The number of fused-ring (bicyclic) bond motifs is 1. The molecule has 1 saturated heterocycles. The van der Waals surface area contributed by atoms with E-state index in [1.807, 2.05) is 43.2 Å². The van der Waals surface area contributed by atoms with E-state index in [2.05, 4.69) is 22.5 Å². The number of thioether (sulfide) groups is 1. The zero-order valence-corrected chi connectivity index (χ0v) is 25.0. The zero-order chi connectivity index (χ0) is 30.4. The zero-order valence-electron chi connectivity index (χ0n) is 24.1. The van der Waals surface area contributed by atoms with E-state index in [9.17, 15) is 18.0 Å². The molecule has 0 spiro atoms. The molecule has 1 aromatic heterocycles. The number of aromatic nitrogens is 1. The van der Waals surface area contributed by atoms with Crippen molar-refractivity contribution in [1.29, 1.82) is 0 Å². The Kier molecular flexibility index (Phi) is 10.3. The Morgan fingerprint density at radius 3 is 2.64 bits per heavy atom. The quantitative estimate of drug-likeness (QED) is 0.158. The van der Waals surface area contributed by atoms with Crippen molar-refractivity contribution >= 4 is 39.8 Å². The number of nitrogens with one attached hydrogen (secondary N) is 2. The maximum Gasteiger partial charge on any atom is 0.406 e. The summed E-state index contributed by atoms with van der Waals surface area (Å²) in [6, 6.07) is 11.8. The third-order valence-corrected chi connectivity index (χ3v) is 7.99. The van der Waals surface area contributed by atoms with Crippen molar-refractivity contribution in [2.75, 3.05) is 50.2 Å². The summed E-state index contributed by atoms with van der Waals surface area (Å²) >= 11 is 1.58. The van der Waals surface area contributed by atoms with Gasteiger partial charge < -0.3 is 19.9 Å². The second-order valence-corrected chi connectivity index (χ2v) is 11.5. The van der Waals surface area contributed by atoms with E-state index in [-0.39, 0.29) is 37.0 Å². The third kappa shape index (κ3) is 7.92. The van der Waals surface area contributed by atoms with Gasteiger partial charge in [0.1, 0.15) is 24.2 Å². The second-order valence-electron chi connectivity index (χ2n) is 10.6. The van der Waals surface area contributed by atoms with Crippen LogP contribution in [-0.4, -0.2) is 73.2 Å². The molecule has 0 aliphatic carbocycles. The van der Waals surface area contributed by atoms with Gasteiger partial charge in [-0.1, -0.05) is 25.8 Å². The summed E-state index contributed by atoms with van der Waals surface area (Å²) in [7, 11) is 1.57. The minimum atomic E-state index is -4.46. The topological polar surface area (TPSA) is 58.5 Å². The number of hydrogen-bond acceptors (Lipinski definition) is 6. The maximum absolute atomic E-state index is 15.2. The minimum Gasteiger partial charge on any atom is -0.495 e. The second kappa shape index (κ2) is 13.7. The van der Waals surface area contributed by atoms with E-state index >= 15 is 4.39 Å². The molecule has 4 rings (SSSR count). The van der Waals surface area contributed by atoms with Crippen LogP contribution < -0.4 is 15.4 Å². The number of anilines is 2. The molecule has 11 heteroatoms. The van der Waals surface area contributed by atoms with Gasteiger partial charge in [-0.3, -0.25) is 9.69 Å². The smallest absolute Gasteiger partial charge is 0.406 e. The van der Waals surface area contributed by atoms with Crippen LogP contribution in [0, 0.1) is 17.8 Å². The number of carbonyl (C=O) groups excluding carboxylic acids is 1. The number of methoxy groups -OCH3 is 1. The summed E-state index contributed by atoms with van der Waals surface area (Å²) in [4.78, 5) is 15.0. The Morgan fingerprint density at radius 2 is 1.98 bits per heavy atom. The van der Waals surface area contributed by atoms with Crippen LogP contribution in [0.1, 0.15) is 26.0 Å². The van der Waals surface area contributed by atoms with Crippen LogP contribution in [0.25, 0.3) is 10.9 Å². The van der Waals surface area contributed by atoms with Crippen LogP contribution in [0.4, 0.5) is 28.9 Å². The first kappa shape index (κ1) is 31.6. The van der Waals surface area contributed by atoms with E-state index in [0.717, 1.165) is 15.1 Å². The highest BCUT2D eigenvalue weighted by atomic mass is 32.2. The summed E-state index contributed by atoms with van der Waals surface area (Å²) < 4.78 is 62.5. The molecule has 3 aromatic rings. The van der Waals surface area contributed by atoms with Crippen molar-refractivity contribution in [3.8, 4) is 17.6 Å². The van der Waals surface area contributed by atoms with Gasteiger partial charge in [-0.05, 0) is 55.0 Å². The van der Waals surface area contributed by atoms with Gasteiger partial charge in [0.15, 0.2) is 0 Å². The molecule has 0 amide bonds. The molecule has 1 aliphatic rings. The number of likely N-dealkylation sites (tertiary alicyclic amines) is 1. The van der Waals surface area contributed by atoms with E-state index in [1.165, 1.54) is 0 Å². The maximum atomic E-state index is 15.2. The first-order valence-electron chi connectivity index (χ1n) is 13.8. The van der Waals surface area contributed by atoms with E-state index < -0.39 is 24.9 Å². The fourth-order valence-corrected chi connectivity index (χ4v) is 5.39. The largest absolute Gasteiger partial charge is 0.495 e. The lowest BCUT2D eigenvalue weighted by Crippen LogP contribution is -2.49. The number of benzene rings is 2. The average Bonchev–Trinajstić information content (AvgIpc) is 3.28. The van der Waals surface area contributed by atoms with Gasteiger partial charge in [0.05, 0.1) is 43.1 Å². The molecule has 0 saturated carbocycles. The van der Waals surface area contributed by atoms with Gasteiger partial charge in [-0.15, -0.1) is 11.8 Å². The Labute approximate surface area is 248 Å². The molecule has 2 heterocycles. The van der Waals surface area contributed by atoms with Gasteiger partial charge in [0.25, 0.3) is 0 Å². The number of alkyl halides is 4. The molecular weight excluding hydrogens is 568 g/mol. The van der Waals surface area contributed by atoms with Gasteiger partial charge >= 0.3 is 6.18 Å². The normalized spacial score (nSPS) is 17.6. The lowest BCUT2D eigenvalue weighted by atomic mass is 10.0. The van der Waals surface area contributed by atoms with Crippen LogP contribution in [-0.2, 0) is 11.3 Å². The first-order chi connectivity index (χ1) is 20.0. The van der Waals surface area contributed by atoms with E-state index in [1.54, 1.807) is 43.1 Å². The van der Waals surface area contributed by atoms with Crippen LogP contribution >= 0.6 is 11.8 Å². The number of Topliss-reactive ketones (excluding diaryl/α,β-unsaturated/α-hetero) is 1. The highest BCUT2D eigenvalue weighted by molar-refractivity contribution is 7.98. The van der Waals surface area contributed by atoms with Crippen LogP contribution in [0.2, 0.25) is 0 Å². The molecular formula is C31H36F4N4O2S. The molecule has 0 radical (unpaired) electrons. The van der Waals surface area contributed by atoms with Gasteiger partial charge in [0.2, 0.25) is 0 Å². The number of hydrogen-bond donors (Lipinski definition) is 2. The standard InChI is InChI=1S/C31H36F4N4O2S/c1-20(2)29(40)18-38-14-12-26(24(32)17-38)37-25-8-5-9-28-23(25)15-21(39(28)19-31(33,34)35)7-6-13-36-27-11-10-22(42-4)16-30(27)41-3/h5,8-11,15-16,20,24,26,36-37H,12-14,17-19H2,1-4H3. The predicted octanol–water partition coefficient (Wildman–Crippen LogP) is 6.45. The Morgan fingerprint density at radius 1 is 1.19 bits per heavy atom. The molecule has 2 atom stereocenters. The summed E-state index contributed by atoms with van der Waals surface area (Å²) in [5.41, 5.74) is 1.85. The van der Waals surface area contributed by atoms with Gasteiger partial charge in [-0.2, -0.15) is 13.2 Å². The number of ether oxygens (including phenoxy) is 1. The highest BCUT2D eigenvalue weighted by Crippen LogP contribution is 2.32. The lowest BCUT2D eigenvalue weighted by Gasteiger charge is -2.35. The van der Waals surface area contributed by atoms with E-state index in [4.69, 9.17) is 4.74 Å². The van der Waals surface area contributed by atoms with Crippen LogP contribution in [0.15, 0.2) is 47.4 Å². The minimum absolute atomic E-state index is 0.0702. The lowest BCUT2D eigenvalue weighted by molar-refractivity contribution is -0.140. The molecule has 6 nitrogen and oxygen atoms in total. The van der Waals surface area contributed by atoms with Crippen LogP contribution in [0.3, 0.4) is 0 Å². The third-order valence-electron chi connectivity index (χ3n) is 7.27. The SMILES string of the molecule is COc1cc(SC)ccc1NCC#Cc1cc2c(NC3CCN(CC(=O)C(C)C)CC3F)cccc2n1CC(F)(F)F. The summed E-state index contributed by atoms with van der Waals surface area (Å²) in [5, 5.41) is 6.93. The Balaban J connectivity index is 1.54.